The maximum atomic E-state index is 4.76. The molecule has 3 rings (SSSR count). The first-order chi connectivity index (χ1) is 13.2. The first-order valence-electron chi connectivity index (χ1n) is 10.1. The standard InChI is InChI=1S/C21H32N6.HI/c1-4-21(10-6-7-11-21)16-26-20(22-5-2)25-15-18-8-9-19(24-14-18)27-13-12-23-17(27)3;/h8-9,12-14H,4-7,10-11,15-16H2,1-3H3,(H2,22,25,26);1H. The van der Waals surface area contributed by atoms with Gasteiger partial charge in [0.15, 0.2) is 5.96 Å². The second kappa shape index (κ2) is 10.8. The summed E-state index contributed by atoms with van der Waals surface area (Å²) in [6.45, 7) is 8.87. The molecule has 6 nitrogen and oxygen atoms in total. The molecule has 0 bridgehead atoms. The molecule has 7 heteroatoms. The molecule has 1 saturated carbocycles. The van der Waals surface area contributed by atoms with Crippen LogP contribution in [-0.4, -0.2) is 33.6 Å². The molecule has 0 aromatic carbocycles. The first kappa shape index (κ1) is 22.6. The predicted octanol–water partition coefficient (Wildman–Crippen LogP) is 4.22. The van der Waals surface area contributed by atoms with Crippen molar-refractivity contribution in [3.8, 4) is 5.82 Å². The van der Waals surface area contributed by atoms with Crippen molar-refractivity contribution in [1.82, 2.24) is 25.2 Å². The third kappa shape index (κ3) is 5.68. The molecule has 0 unspecified atom stereocenters. The molecule has 2 aromatic heterocycles. The minimum Gasteiger partial charge on any atom is -0.357 e. The van der Waals surface area contributed by atoms with E-state index in [1.54, 1.807) is 6.20 Å². The molecule has 2 heterocycles. The zero-order valence-electron chi connectivity index (χ0n) is 17.2. The number of hydrogen-bond donors (Lipinski definition) is 2. The lowest BCUT2D eigenvalue weighted by Crippen LogP contribution is -2.42. The molecule has 0 aliphatic heterocycles. The van der Waals surface area contributed by atoms with Gasteiger partial charge in [-0.2, -0.15) is 0 Å². The monoisotopic (exact) mass is 496 g/mol. The summed E-state index contributed by atoms with van der Waals surface area (Å²) in [7, 11) is 0. The maximum absolute atomic E-state index is 4.76. The van der Waals surface area contributed by atoms with E-state index in [0.717, 1.165) is 36.3 Å². The van der Waals surface area contributed by atoms with Gasteiger partial charge in [-0.3, -0.25) is 4.57 Å². The summed E-state index contributed by atoms with van der Waals surface area (Å²) >= 11 is 0. The summed E-state index contributed by atoms with van der Waals surface area (Å²) < 4.78 is 1.98. The Labute approximate surface area is 185 Å². The summed E-state index contributed by atoms with van der Waals surface area (Å²) in [5, 5.41) is 6.94. The van der Waals surface area contributed by atoms with Crippen LogP contribution in [0.3, 0.4) is 0 Å². The van der Waals surface area contributed by atoms with Crippen molar-refractivity contribution >= 4 is 29.9 Å². The second-order valence-electron chi connectivity index (χ2n) is 7.48. The normalized spacial score (nSPS) is 15.9. The minimum absolute atomic E-state index is 0. The fourth-order valence-corrected chi connectivity index (χ4v) is 3.84. The fourth-order valence-electron chi connectivity index (χ4n) is 3.84. The fraction of sp³-hybridized carbons (Fsp3) is 0.571. The van der Waals surface area contributed by atoms with Crippen LogP contribution in [0.5, 0.6) is 0 Å². The van der Waals surface area contributed by atoms with Gasteiger partial charge in [-0.25, -0.2) is 15.0 Å². The highest BCUT2D eigenvalue weighted by Gasteiger charge is 2.31. The average molecular weight is 496 g/mol. The quantitative estimate of drug-likeness (QED) is 0.342. The lowest BCUT2D eigenvalue weighted by molar-refractivity contribution is 0.283. The van der Waals surface area contributed by atoms with Gasteiger partial charge in [0.05, 0.1) is 6.54 Å². The Morgan fingerprint density at radius 3 is 2.54 bits per heavy atom. The molecule has 0 spiro atoms. The molecule has 0 atom stereocenters. The average Bonchev–Trinajstić information content (AvgIpc) is 3.34. The third-order valence-electron chi connectivity index (χ3n) is 5.69. The molecule has 0 radical (unpaired) electrons. The van der Waals surface area contributed by atoms with E-state index in [4.69, 9.17) is 4.99 Å². The number of aromatic nitrogens is 3. The van der Waals surface area contributed by atoms with E-state index in [1.165, 1.54) is 32.1 Å². The smallest absolute Gasteiger partial charge is 0.191 e. The topological polar surface area (TPSA) is 67.1 Å². The summed E-state index contributed by atoms with van der Waals surface area (Å²) in [4.78, 5) is 13.6. The van der Waals surface area contributed by atoms with Crippen LogP contribution in [0, 0.1) is 12.3 Å². The molecule has 2 N–H and O–H groups in total. The molecular weight excluding hydrogens is 463 g/mol. The molecule has 0 amide bonds. The van der Waals surface area contributed by atoms with Gasteiger partial charge in [-0.05, 0) is 50.2 Å². The molecule has 28 heavy (non-hydrogen) atoms. The van der Waals surface area contributed by atoms with E-state index in [1.807, 2.05) is 30.0 Å². The zero-order valence-corrected chi connectivity index (χ0v) is 19.6. The molecule has 1 aliphatic rings. The third-order valence-corrected chi connectivity index (χ3v) is 5.69. The van der Waals surface area contributed by atoms with Gasteiger partial charge in [-0.15, -0.1) is 24.0 Å². The number of rotatable bonds is 7. The highest BCUT2D eigenvalue weighted by Crippen LogP contribution is 2.40. The second-order valence-corrected chi connectivity index (χ2v) is 7.48. The molecule has 1 aliphatic carbocycles. The number of hydrogen-bond acceptors (Lipinski definition) is 3. The summed E-state index contributed by atoms with van der Waals surface area (Å²) in [6.07, 6.45) is 12.2. The van der Waals surface area contributed by atoms with E-state index in [0.29, 0.717) is 12.0 Å². The minimum atomic E-state index is 0. The zero-order chi connectivity index (χ0) is 19.1. The Kier molecular flexibility index (Phi) is 8.72. The Balaban J connectivity index is 0.00000280. The lowest BCUT2D eigenvalue weighted by Gasteiger charge is -2.28. The van der Waals surface area contributed by atoms with Crippen LogP contribution in [0.4, 0.5) is 0 Å². The van der Waals surface area contributed by atoms with Crippen LogP contribution >= 0.6 is 24.0 Å². The SMILES string of the molecule is CCNC(=NCc1ccc(-n2ccnc2C)nc1)NCC1(CC)CCCC1.I. The van der Waals surface area contributed by atoms with Gasteiger partial charge in [0, 0.05) is 31.7 Å². The van der Waals surface area contributed by atoms with Crippen LogP contribution in [0.1, 0.15) is 57.3 Å². The highest BCUT2D eigenvalue weighted by atomic mass is 127. The lowest BCUT2D eigenvalue weighted by atomic mass is 9.83. The number of guanidine groups is 1. The largest absolute Gasteiger partial charge is 0.357 e. The number of pyridine rings is 1. The Morgan fingerprint density at radius 2 is 1.96 bits per heavy atom. The molecule has 0 saturated heterocycles. The van der Waals surface area contributed by atoms with E-state index < -0.39 is 0 Å². The molecule has 1 fully saturated rings. The van der Waals surface area contributed by atoms with Gasteiger partial charge >= 0.3 is 0 Å². The maximum Gasteiger partial charge on any atom is 0.191 e. The number of nitrogens with zero attached hydrogens (tertiary/aromatic N) is 4. The van der Waals surface area contributed by atoms with Crippen molar-refractivity contribution < 1.29 is 0 Å². The van der Waals surface area contributed by atoms with Crippen LogP contribution < -0.4 is 10.6 Å². The number of aryl methyl sites for hydroxylation is 1. The molecule has 2 aromatic rings. The highest BCUT2D eigenvalue weighted by molar-refractivity contribution is 14.0. The van der Waals surface area contributed by atoms with Crippen molar-refractivity contribution in [2.75, 3.05) is 13.1 Å². The van der Waals surface area contributed by atoms with Crippen LogP contribution in [0.2, 0.25) is 0 Å². The number of nitrogens with one attached hydrogen (secondary N) is 2. The molecular formula is C21H33IN6. The Hall–Kier alpha value is -1.64. The Morgan fingerprint density at radius 1 is 1.18 bits per heavy atom. The van der Waals surface area contributed by atoms with Gasteiger partial charge in [0.25, 0.3) is 0 Å². The molecule has 154 valence electrons. The van der Waals surface area contributed by atoms with Crippen molar-refractivity contribution in [3.05, 3.63) is 42.1 Å². The van der Waals surface area contributed by atoms with Crippen LogP contribution in [0.15, 0.2) is 35.7 Å². The number of aliphatic imine (C=N–C) groups is 1. The van der Waals surface area contributed by atoms with Crippen LogP contribution in [0.25, 0.3) is 5.82 Å². The van der Waals surface area contributed by atoms with Crippen molar-refractivity contribution in [2.24, 2.45) is 10.4 Å². The first-order valence-corrected chi connectivity index (χ1v) is 10.1. The van der Waals surface area contributed by atoms with E-state index in [9.17, 15) is 0 Å². The van der Waals surface area contributed by atoms with E-state index in [-0.39, 0.29) is 24.0 Å². The van der Waals surface area contributed by atoms with Gasteiger partial charge in [0.1, 0.15) is 11.6 Å². The summed E-state index contributed by atoms with van der Waals surface area (Å²) in [5.74, 6) is 2.71. The van der Waals surface area contributed by atoms with Crippen molar-refractivity contribution in [2.45, 2.75) is 59.4 Å². The summed E-state index contributed by atoms with van der Waals surface area (Å²) in [5.41, 5.74) is 1.54. The number of imidazole rings is 1. The summed E-state index contributed by atoms with van der Waals surface area (Å²) in [6, 6.07) is 4.10. The van der Waals surface area contributed by atoms with Crippen molar-refractivity contribution in [1.29, 1.82) is 0 Å². The van der Waals surface area contributed by atoms with E-state index in [2.05, 4.69) is 40.5 Å². The van der Waals surface area contributed by atoms with Crippen molar-refractivity contribution in [3.63, 3.8) is 0 Å². The van der Waals surface area contributed by atoms with Gasteiger partial charge < -0.3 is 10.6 Å². The van der Waals surface area contributed by atoms with E-state index >= 15 is 0 Å². The van der Waals surface area contributed by atoms with Gasteiger partial charge in [0.2, 0.25) is 0 Å². The predicted molar refractivity (Wildman–Crippen MR) is 126 cm³/mol. The number of halogens is 1. The van der Waals surface area contributed by atoms with Crippen LogP contribution in [-0.2, 0) is 6.54 Å². The van der Waals surface area contributed by atoms with Gasteiger partial charge in [-0.1, -0.05) is 25.8 Å². The Bertz CT molecular complexity index is 747.